The van der Waals surface area contributed by atoms with Crippen LogP contribution in [0.4, 0.5) is 5.69 Å². The Morgan fingerprint density at radius 3 is 2.67 bits per heavy atom. The summed E-state index contributed by atoms with van der Waals surface area (Å²) < 4.78 is 21.4. The normalized spacial score (nSPS) is 13.6. The predicted octanol–water partition coefficient (Wildman–Crippen LogP) is 0.846. The van der Waals surface area contributed by atoms with Crippen LogP contribution in [0.3, 0.4) is 0 Å². The van der Waals surface area contributed by atoms with Gasteiger partial charge in [0.1, 0.15) is 0 Å². The third kappa shape index (κ3) is 3.21. The first kappa shape index (κ1) is 5.38. The molecule has 9 heavy (non-hydrogen) atoms. The Kier molecular flexibility index (Phi) is 2.67. The maximum absolute atomic E-state index is 6.86. The lowest BCUT2D eigenvalue weighted by molar-refractivity contribution is 0.768. The highest BCUT2D eigenvalue weighted by Gasteiger charge is 1.82. The third-order valence-electron chi connectivity index (χ3n) is 0.603. The summed E-state index contributed by atoms with van der Waals surface area (Å²) in [6.45, 7) is -2.21. The summed E-state index contributed by atoms with van der Waals surface area (Å²) in [5.41, 5.74) is 5.60. The summed E-state index contributed by atoms with van der Waals surface area (Å²) in [5.74, 6) is 0. The number of nitrogens with two attached hydrogens (primary N) is 1. The zero-order chi connectivity index (χ0) is 7.78. The van der Waals surface area contributed by atoms with E-state index in [0.29, 0.717) is 5.69 Å². The van der Waals surface area contributed by atoms with Crippen molar-refractivity contribution in [3.05, 3.63) is 12.4 Å². The van der Waals surface area contributed by atoms with Crippen LogP contribution in [0.5, 0.6) is 0 Å². The molecule has 0 aromatic carbocycles. The van der Waals surface area contributed by atoms with Crippen LogP contribution in [0, 0.1) is 0 Å². The standard InChI is InChI=1S/C4H7N3.2ClH/c1-7-3-4(5)2-6-7;;/h2-3H,5H2,1H3;2*1H/i1D3;;. The number of rotatable bonds is 0. The van der Waals surface area contributed by atoms with E-state index in [1.165, 1.54) is 12.4 Å². The van der Waals surface area contributed by atoms with Crippen LogP contribution in [-0.2, 0) is 6.98 Å². The van der Waals surface area contributed by atoms with E-state index in [4.69, 9.17) is 9.85 Å². The number of aromatic nitrogens is 2. The Bertz CT molecular complexity index is 234. The van der Waals surface area contributed by atoms with Gasteiger partial charge in [-0.25, -0.2) is 0 Å². The molecule has 0 aliphatic heterocycles. The van der Waals surface area contributed by atoms with Crippen molar-refractivity contribution in [3.63, 3.8) is 0 Å². The molecule has 0 spiro atoms. The zero-order valence-corrected chi connectivity index (χ0v) is 6.08. The van der Waals surface area contributed by atoms with Gasteiger partial charge in [0.25, 0.3) is 0 Å². The van der Waals surface area contributed by atoms with Gasteiger partial charge in [0.05, 0.1) is 11.9 Å². The van der Waals surface area contributed by atoms with Gasteiger partial charge in [0, 0.05) is 17.3 Å². The smallest absolute Gasteiger partial charge is 0.0719 e. The summed E-state index contributed by atoms with van der Waals surface area (Å²) in [5, 5.41) is 3.52. The monoisotopic (exact) mass is 172 g/mol. The molecule has 0 aliphatic carbocycles. The number of hydrogen-bond donors (Lipinski definition) is 1. The van der Waals surface area contributed by atoms with Crippen molar-refractivity contribution >= 4 is 30.5 Å². The molecule has 2 N–H and O–H groups in total. The largest absolute Gasteiger partial charge is 0.396 e. The molecule has 0 saturated heterocycles. The molecule has 0 radical (unpaired) electrons. The van der Waals surface area contributed by atoms with Crippen molar-refractivity contribution in [3.8, 4) is 0 Å². The van der Waals surface area contributed by atoms with Gasteiger partial charge in [0.2, 0.25) is 0 Å². The van der Waals surface area contributed by atoms with Gasteiger partial charge in [-0.15, -0.1) is 24.8 Å². The molecule has 1 heterocycles. The van der Waals surface area contributed by atoms with Crippen molar-refractivity contribution < 1.29 is 4.11 Å². The Hall–Kier alpha value is -0.410. The van der Waals surface area contributed by atoms with Gasteiger partial charge in [-0.1, -0.05) is 0 Å². The van der Waals surface area contributed by atoms with Crippen LogP contribution in [0.15, 0.2) is 12.4 Å². The maximum atomic E-state index is 6.86. The summed E-state index contributed by atoms with van der Waals surface area (Å²) in [7, 11) is 0. The number of nitrogens with zero attached hydrogens (tertiary/aromatic N) is 2. The molecule has 5 heteroatoms. The average molecular weight is 173 g/mol. The Morgan fingerprint density at radius 2 is 2.44 bits per heavy atom. The molecule has 1 rings (SSSR count). The lowest BCUT2D eigenvalue weighted by Gasteiger charge is -1.78. The molecule has 0 unspecified atom stereocenters. The van der Waals surface area contributed by atoms with Gasteiger partial charge in [-0.2, -0.15) is 5.10 Å². The SMILES string of the molecule is Cl.Cl.[2H]C([2H])([2H])n1cc(N)cn1. The van der Waals surface area contributed by atoms with Crippen molar-refractivity contribution in [2.75, 3.05) is 5.73 Å². The number of hydrogen-bond acceptors (Lipinski definition) is 2. The fourth-order valence-corrected chi connectivity index (χ4v) is 0.337. The van der Waals surface area contributed by atoms with E-state index in [2.05, 4.69) is 5.10 Å². The number of anilines is 1. The molecular formula is C4H9Cl2N3. The molecule has 0 aliphatic rings. The summed E-state index contributed by atoms with van der Waals surface area (Å²) in [6.07, 6.45) is 2.57. The van der Waals surface area contributed by atoms with Crippen LogP contribution < -0.4 is 5.73 Å². The van der Waals surface area contributed by atoms with E-state index in [1.807, 2.05) is 0 Å². The van der Waals surface area contributed by atoms with Gasteiger partial charge < -0.3 is 5.73 Å². The highest BCUT2D eigenvalue weighted by Crippen LogP contribution is 1.92. The van der Waals surface area contributed by atoms with E-state index in [-0.39, 0.29) is 24.8 Å². The van der Waals surface area contributed by atoms with E-state index in [1.54, 1.807) is 0 Å². The van der Waals surface area contributed by atoms with Crippen molar-refractivity contribution in [1.29, 1.82) is 0 Å². The first-order valence-electron chi connectivity index (χ1n) is 3.31. The van der Waals surface area contributed by atoms with Crippen LogP contribution in [-0.4, -0.2) is 9.78 Å². The van der Waals surface area contributed by atoms with Gasteiger partial charge in [-0.3, -0.25) is 4.68 Å². The van der Waals surface area contributed by atoms with Crippen molar-refractivity contribution in [2.24, 2.45) is 6.98 Å². The molecule has 0 saturated carbocycles. The summed E-state index contributed by atoms with van der Waals surface area (Å²) in [6, 6.07) is 0. The Labute approximate surface area is 70.3 Å². The number of aryl methyl sites for hydroxylation is 1. The van der Waals surface area contributed by atoms with Crippen LogP contribution in [0.25, 0.3) is 0 Å². The summed E-state index contributed by atoms with van der Waals surface area (Å²) >= 11 is 0. The highest BCUT2D eigenvalue weighted by molar-refractivity contribution is 5.85. The highest BCUT2D eigenvalue weighted by atomic mass is 35.5. The van der Waals surface area contributed by atoms with E-state index in [9.17, 15) is 0 Å². The first-order chi connectivity index (χ1) is 4.50. The van der Waals surface area contributed by atoms with E-state index in [0.717, 1.165) is 4.68 Å². The Balaban J connectivity index is 0. The second-order valence-electron chi connectivity index (χ2n) is 1.22. The van der Waals surface area contributed by atoms with Gasteiger partial charge in [-0.05, 0) is 0 Å². The van der Waals surface area contributed by atoms with Crippen LogP contribution in [0.2, 0.25) is 0 Å². The molecule has 3 nitrogen and oxygen atoms in total. The molecule has 0 amide bonds. The second-order valence-corrected chi connectivity index (χ2v) is 1.22. The summed E-state index contributed by atoms with van der Waals surface area (Å²) in [4.78, 5) is 0. The fourth-order valence-electron chi connectivity index (χ4n) is 0.337. The third-order valence-corrected chi connectivity index (χ3v) is 0.603. The Morgan fingerprint density at radius 1 is 1.78 bits per heavy atom. The minimum Gasteiger partial charge on any atom is -0.396 e. The lowest BCUT2D eigenvalue weighted by Crippen LogP contribution is -1.84. The topological polar surface area (TPSA) is 43.8 Å². The molecule has 1 aromatic heterocycles. The molecule has 1 aromatic rings. The number of nitrogen functional groups attached to an aromatic ring is 1. The molecule has 0 bridgehead atoms. The van der Waals surface area contributed by atoms with Gasteiger partial charge >= 0.3 is 0 Å². The quantitative estimate of drug-likeness (QED) is 0.631. The number of halogens is 2. The molecule has 0 fully saturated rings. The minimum atomic E-state index is -2.21. The maximum Gasteiger partial charge on any atom is 0.0719 e. The van der Waals surface area contributed by atoms with Crippen molar-refractivity contribution in [2.45, 2.75) is 0 Å². The van der Waals surface area contributed by atoms with Gasteiger partial charge in [0.15, 0.2) is 0 Å². The first-order valence-corrected chi connectivity index (χ1v) is 1.81. The minimum absolute atomic E-state index is 0. The molecule has 54 valence electrons. The van der Waals surface area contributed by atoms with Crippen LogP contribution in [0.1, 0.15) is 4.11 Å². The zero-order valence-electron chi connectivity index (χ0n) is 7.44. The van der Waals surface area contributed by atoms with Crippen molar-refractivity contribution in [1.82, 2.24) is 9.78 Å². The predicted molar refractivity (Wildman–Crippen MR) is 42.1 cm³/mol. The van der Waals surface area contributed by atoms with Crippen LogP contribution >= 0.6 is 24.8 Å². The second kappa shape index (κ2) is 4.47. The van der Waals surface area contributed by atoms with E-state index >= 15 is 0 Å². The van der Waals surface area contributed by atoms with E-state index < -0.39 is 6.98 Å². The lowest BCUT2D eigenvalue weighted by atomic mass is 10.6. The molecule has 0 atom stereocenters. The molecular weight excluding hydrogens is 161 g/mol. The average Bonchev–Trinajstić information content (AvgIpc) is 2.11. The fraction of sp³-hybridized carbons (Fsp3) is 0.250.